The summed E-state index contributed by atoms with van der Waals surface area (Å²) in [5, 5.41) is 11.0. The minimum atomic E-state index is -1.82. The molecule has 1 N–H and O–H groups in total. The van der Waals surface area contributed by atoms with E-state index in [1.54, 1.807) is 49.6 Å². The number of fused-ring (bicyclic) bond motifs is 1. The van der Waals surface area contributed by atoms with E-state index in [0.717, 1.165) is 0 Å². The number of nitrogens with zero attached hydrogens (tertiary/aromatic N) is 1. The van der Waals surface area contributed by atoms with Crippen molar-refractivity contribution in [3.63, 3.8) is 0 Å². The van der Waals surface area contributed by atoms with Gasteiger partial charge in [-0.25, -0.2) is 0 Å². The number of methoxy groups -OCH3 is 1. The van der Waals surface area contributed by atoms with Crippen molar-refractivity contribution in [2.45, 2.75) is 18.9 Å². The van der Waals surface area contributed by atoms with Gasteiger partial charge in [-0.1, -0.05) is 18.2 Å². The molecule has 1 heterocycles. The van der Waals surface area contributed by atoms with Gasteiger partial charge in [0, 0.05) is 17.7 Å². The van der Waals surface area contributed by atoms with Crippen LogP contribution in [-0.2, 0) is 10.4 Å². The average molecular weight is 325 g/mol. The Labute approximate surface area is 140 Å². The molecule has 5 nitrogen and oxygen atoms in total. The molecule has 1 amide bonds. The first-order valence-electron chi connectivity index (χ1n) is 7.82. The molecule has 0 fully saturated rings. The number of aliphatic hydroxyl groups is 1. The Morgan fingerprint density at radius 3 is 2.46 bits per heavy atom. The SMILES string of the molecule is CCN1C(=O)C(O)(CC(=O)c2ccc(OC)cc2)c2ccccc21. The van der Waals surface area contributed by atoms with E-state index in [4.69, 9.17) is 4.74 Å². The van der Waals surface area contributed by atoms with Crippen molar-refractivity contribution >= 4 is 17.4 Å². The van der Waals surface area contributed by atoms with Crippen LogP contribution in [0, 0.1) is 0 Å². The van der Waals surface area contributed by atoms with E-state index in [-0.39, 0.29) is 12.2 Å². The van der Waals surface area contributed by atoms with Crippen LogP contribution in [-0.4, -0.2) is 30.5 Å². The monoisotopic (exact) mass is 325 g/mol. The van der Waals surface area contributed by atoms with Crippen LogP contribution >= 0.6 is 0 Å². The number of hydrogen-bond donors (Lipinski definition) is 1. The number of anilines is 1. The minimum absolute atomic E-state index is 0.286. The number of carbonyl (C=O) groups excluding carboxylic acids is 2. The van der Waals surface area contributed by atoms with Crippen molar-refractivity contribution in [3.8, 4) is 5.75 Å². The Morgan fingerprint density at radius 2 is 1.83 bits per heavy atom. The van der Waals surface area contributed by atoms with Crippen LogP contribution in [0.2, 0.25) is 0 Å². The Balaban J connectivity index is 1.93. The third-order valence-electron chi connectivity index (χ3n) is 4.38. The second kappa shape index (κ2) is 6.09. The van der Waals surface area contributed by atoms with Crippen molar-refractivity contribution in [1.29, 1.82) is 0 Å². The summed E-state index contributed by atoms with van der Waals surface area (Å²) in [6.45, 7) is 2.28. The van der Waals surface area contributed by atoms with E-state index >= 15 is 0 Å². The first-order valence-corrected chi connectivity index (χ1v) is 7.82. The zero-order valence-electron chi connectivity index (χ0n) is 13.7. The molecular weight excluding hydrogens is 306 g/mol. The van der Waals surface area contributed by atoms with Crippen LogP contribution in [0.3, 0.4) is 0 Å². The fourth-order valence-corrected chi connectivity index (χ4v) is 3.10. The highest BCUT2D eigenvalue weighted by molar-refractivity contribution is 6.10. The number of ether oxygens (including phenoxy) is 1. The first-order chi connectivity index (χ1) is 11.5. The van der Waals surface area contributed by atoms with Crippen molar-refractivity contribution in [2.24, 2.45) is 0 Å². The molecule has 24 heavy (non-hydrogen) atoms. The Bertz CT molecular complexity index is 784. The lowest BCUT2D eigenvalue weighted by Crippen LogP contribution is -2.41. The number of rotatable bonds is 5. The molecule has 124 valence electrons. The summed E-state index contributed by atoms with van der Waals surface area (Å²) < 4.78 is 5.07. The molecule has 0 radical (unpaired) electrons. The molecule has 1 aliphatic rings. The van der Waals surface area contributed by atoms with Crippen LogP contribution in [0.25, 0.3) is 0 Å². The van der Waals surface area contributed by atoms with E-state index in [1.807, 2.05) is 13.0 Å². The van der Waals surface area contributed by atoms with E-state index in [0.29, 0.717) is 29.1 Å². The van der Waals surface area contributed by atoms with Gasteiger partial charge in [-0.05, 0) is 37.3 Å². The standard InChI is InChI=1S/C19H19NO4/c1-3-20-16-7-5-4-6-15(16)19(23,18(20)22)12-17(21)13-8-10-14(24-2)11-9-13/h4-11,23H,3,12H2,1-2H3. The molecule has 0 saturated heterocycles. The number of ketones is 1. The van der Waals surface area contributed by atoms with Crippen molar-refractivity contribution < 1.29 is 19.4 Å². The Hall–Kier alpha value is -2.66. The normalized spacial score (nSPS) is 19.3. The number of likely N-dealkylation sites (N-methyl/N-ethyl adjacent to an activating group) is 1. The minimum Gasteiger partial charge on any atom is -0.497 e. The van der Waals surface area contributed by atoms with Crippen LogP contribution in [0.1, 0.15) is 29.3 Å². The first kappa shape index (κ1) is 16.2. The molecule has 1 aliphatic heterocycles. The third kappa shape index (κ3) is 2.47. The van der Waals surface area contributed by atoms with Crippen molar-refractivity contribution in [2.75, 3.05) is 18.6 Å². The predicted octanol–water partition coefficient (Wildman–Crippen LogP) is 2.52. The summed E-state index contributed by atoms with van der Waals surface area (Å²) in [7, 11) is 1.55. The van der Waals surface area contributed by atoms with Crippen LogP contribution in [0.4, 0.5) is 5.69 Å². The van der Waals surface area contributed by atoms with Crippen LogP contribution in [0.5, 0.6) is 5.75 Å². The summed E-state index contributed by atoms with van der Waals surface area (Å²) in [4.78, 5) is 26.8. The fourth-order valence-electron chi connectivity index (χ4n) is 3.10. The highest BCUT2D eigenvalue weighted by Gasteiger charge is 2.50. The quantitative estimate of drug-likeness (QED) is 0.858. The van der Waals surface area contributed by atoms with Crippen LogP contribution < -0.4 is 9.64 Å². The molecule has 0 saturated carbocycles. The molecule has 3 rings (SSSR count). The van der Waals surface area contributed by atoms with Gasteiger partial charge in [-0.3, -0.25) is 9.59 Å². The molecule has 5 heteroatoms. The van der Waals surface area contributed by atoms with Gasteiger partial charge in [-0.15, -0.1) is 0 Å². The van der Waals surface area contributed by atoms with Gasteiger partial charge in [-0.2, -0.15) is 0 Å². The third-order valence-corrected chi connectivity index (χ3v) is 4.38. The van der Waals surface area contributed by atoms with Gasteiger partial charge >= 0.3 is 0 Å². The summed E-state index contributed by atoms with van der Waals surface area (Å²) >= 11 is 0. The second-order valence-electron chi connectivity index (χ2n) is 5.76. The Morgan fingerprint density at radius 1 is 1.17 bits per heavy atom. The van der Waals surface area contributed by atoms with E-state index in [9.17, 15) is 14.7 Å². The molecule has 1 unspecified atom stereocenters. The van der Waals surface area contributed by atoms with Gasteiger partial charge in [0.1, 0.15) is 5.75 Å². The van der Waals surface area contributed by atoms with Crippen molar-refractivity contribution in [3.05, 3.63) is 59.7 Å². The Kier molecular flexibility index (Phi) is 4.11. The zero-order chi connectivity index (χ0) is 17.3. The van der Waals surface area contributed by atoms with Gasteiger partial charge in [0.2, 0.25) is 0 Å². The van der Waals surface area contributed by atoms with Crippen LogP contribution in [0.15, 0.2) is 48.5 Å². The number of amides is 1. The number of hydrogen-bond acceptors (Lipinski definition) is 4. The van der Waals surface area contributed by atoms with Gasteiger partial charge in [0.25, 0.3) is 5.91 Å². The topological polar surface area (TPSA) is 66.8 Å². The molecule has 0 spiro atoms. The molecular formula is C19H19NO4. The smallest absolute Gasteiger partial charge is 0.264 e. The maximum atomic E-state index is 12.7. The van der Waals surface area contributed by atoms with Gasteiger partial charge in [0.05, 0.1) is 19.2 Å². The highest BCUT2D eigenvalue weighted by atomic mass is 16.5. The maximum Gasteiger partial charge on any atom is 0.264 e. The molecule has 2 aromatic rings. The van der Waals surface area contributed by atoms with E-state index < -0.39 is 11.5 Å². The molecule has 0 bridgehead atoms. The molecule has 0 aliphatic carbocycles. The lowest BCUT2D eigenvalue weighted by molar-refractivity contribution is -0.135. The lowest BCUT2D eigenvalue weighted by atomic mass is 9.88. The van der Waals surface area contributed by atoms with E-state index in [2.05, 4.69) is 0 Å². The molecule has 2 aromatic carbocycles. The van der Waals surface area contributed by atoms with Crippen molar-refractivity contribution in [1.82, 2.24) is 0 Å². The maximum absolute atomic E-state index is 12.7. The summed E-state index contributed by atoms with van der Waals surface area (Å²) in [5.41, 5.74) is -0.234. The number of Topliss-reactive ketones (excluding diaryl/α,β-unsaturated/α-hetero) is 1. The zero-order valence-corrected chi connectivity index (χ0v) is 13.7. The predicted molar refractivity (Wildman–Crippen MR) is 90.3 cm³/mol. The van der Waals surface area contributed by atoms with Gasteiger partial charge < -0.3 is 14.7 Å². The second-order valence-corrected chi connectivity index (χ2v) is 5.76. The van der Waals surface area contributed by atoms with E-state index in [1.165, 1.54) is 4.90 Å². The summed E-state index contributed by atoms with van der Waals surface area (Å²) in [6, 6.07) is 13.7. The molecule has 0 aromatic heterocycles. The average Bonchev–Trinajstić information content (AvgIpc) is 2.82. The lowest BCUT2D eigenvalue weighted by Gasteiger charge is -2.22. The number of carbonyl (C=O) groups is 2. The molecule has 1 atom stereocenters. The fraction of sp³-hybridized carbons (Fsp3) is 0.263. The summed E-state index contributed by atoms with van der Waals surface area (Å²) in [6.07, 6.45) is -0.286. The number of benzene rings is 2. The number of para-hydroxylation sites is 1. The van der Waals surface area contributed by atoms with Gasteiger partial charge in [0.15, 0.2) is 11.4 Å². The highest BCUT2D eigenvalue weighted by Crippen LogP contribution is 2.42. The largest absolute Gasteiger partial charge is 0.497 e. The summed E-state index contributed by atoms with van der Waals surface area (Å²) in [5.74, 6) is -0.0981.